The molecular formula is C11H13N3O2. The highest BCUT2D eigenvalue weighted by molar-refractivity contribution is 5.79. The van der Waals surface area contributed by atoms with Gasteiger partial charge in [-0.25, -0.2) is 4.98 Å². The van der Waals surface area contributed by atoms with Crippen LogP contribution in [0.4, 0.5) is 5.69 Å². The van der Waals surface area contributed by atoms with Crippen LogP contribution in [0.15, 0.2) is 18.3 Å². The predicted octanol–water partition coefficient (Wildman–Crippen LogP) is 2.77. The zero-order valence-electron chi connectivity index (χ0n) is 9.44. The number of nitrogens with zero attached hydrogens (tertiary/aromatic N) is 2. The molecule has 0 aliphatic heterocycles. The van der Waals surface area contributed by atoms with Gasteiger partial charge in [0.1, 0.15) is 11.8 Å². The number of hydrogen-bond acceptors (Lipinski definition) is 3. The molecule has 0 saturated carbocycles. The minimum Gasteiger partial charge on any atom is -0.343 e. The van der Waals surface area contributed by atoms with Crippen LogP contribution in [0.2, 0.25) is 0 Å². The molecule has 2 rings (SSSR count). The standard InChI is InChI=1S/C11H13N3O2/c1-11(2,3)9-5-7-4-8(14(15)16)6-12-10(7)13-9/h4-6H,1-3H3,(H,12,13). The van der Waals surface area contributed by atoms with Crippen molar-refractivity contribution < 1.29 is 4.92 Å². The molecule has 0 unspecified atom stereocenters. The Labute approximate surface area is 92.7 Å². The molecule has 2 aromatic rings. The van der Waals surface area contributed by atoms with E-state index < -0.39 is 4.92 Å². The Kier molecular flexibility index (Phi) is 2.18. The maximum absolute atomic E-state index is 10.6. The maximum Gasteiger partial charge on any atom is 0.288 e. The SMILES string of the molecule is CC(C)(C)c1cc2cc([N+](=O)[O-])cnc2[nH]1. The van der Waals surface area contributed by atoms with E-state index in [-0.39, 0.29) is 11.1 Å². The van der Waals surface area contributed by atoms with Gasteiger partial charge in [0.25, 0.3) is 5.69 Å². The zero-order chi connectivity index (χ0) is 11.9. The first-order valence-corrected chi connectivity index (χ1v) is 5.01. The van der Waals surface area contributed by atoms with E-state index in [9.17, 15) is 10.1 Å². The minimum atomic E-state index is -0.434. The van der Waals surface area contributed by atoms with Crippen molar-refractivity contribution in [1.82, 2.24) is 9.97 Å². The molecule has 0 aliphatic rings. The van der Waals surface area contributed by atoms with Crippen LogP contribution in [-0.2, 0) is 5.41 Å². The minimum absolute atomic E-state index is 0.0184. The van der Waals surface area contributed by atoms with E-state index in [1.165, 1.54) is 12.3 Å². The number of rotatable bonds is 1. The third-order valence-corrected chi connectivity index (χ3v) is 2.47. The van der Waals surface area contributed by atoms with Crippen molar-refractivity contribution in [3.63, 3.8) is 0 Å². The predicted molar refractivity (Wildman–Crippen MR) is 61.4 cm³/mol. The van der Waals surface area contributed by atoms with E-state index in [1.54, 1.807) is 0 Å². The first-order valence-electron chi connectivity index (χ1n) is 5.01. The van der Waals surface area contributed by atoms with Crippen LogP contribution in [-0.4, -0.2) is 14.9 Å². The summed E-state index contributed by atoms with van der Waals surface area (Å²) in [7, 11) is 0. The normalized spacial score (nSPS) is 11.9. The molecule has 0 amide bonds. The summed E-state index contributed by atoms with van der Waals surface area (Å²) in [6.07, 6.45) is 1.27. The Morgan fingerprint density at radius 1 is 1.38 bits per heavy atom. The highest BCUT2D eigenvalue weighted by atomic mass is 16.6. The van der Waals surface area contributed by atoms with E-state index in [4.69, 9.17) is 0 Å². The third kappa shape index (κ3) is 1.76. The number of nitro groups is 1. The van der Waals surface area contributed by atoms with Gasteiger partial charge < -0.3 is 4.98 Å². The summed E-state index contributed by atoms with van der Waals surface area (Å²) in [5.41, 5.74) is 1.72. The molecule has 84 valence electrons. The van der Waals surface area contributed by atoms with Crippen molar-refractivity contribution in [2.45, 2.75) is 26.2 Å². The number of aromatic amines is 1. The molecule has 0 spiro atoms. The fourth-order valence-electron chi connectivity index (χ4n) is 1.51. The first kappa shape index (κ1) is 10.6. The second-order valence-electron chi connectivity index (χ2n) is 4.82. The highest BCUT2D eigenvalue weighted by Gasteiger charge is 2.17. The average molecular weight is 219 g/mol. The molecule has 1 N–H and O–H groups in total. The molecular weight excluding hydrogens is 206 g/mol. The van der Waals surface area contributed by atoms with Crippen molar-refractivity contribution in [1.29, 1.82) is 0 Å². The van der Waals surface area contributed by atoms with Gasteiger partial charge in [-0.15, -0.1) is 0 Å². The lowest BCUT2D eigenvalue weighted by molar-refractivity contribution is -0.385. The first-order chi connectivity index (χ1) is 7.38. The number of fused-ring (bicyclic) bond motifs is 1. The number of hydrogen-bond donors (Lipinski definition) is 1. The Hall–Kier alpha value is -1.91. The summed E-state index contributed by atoms with van der Waals surface area (Å²) in [6.45, 7) is 6.23. The van der Waals surface area contributed by atoms with Gasteiger partial charge in [-0.3, -0.25) is 10.1 Å². The fourth-order valence-corrected chi connectivity index (χ4v) is 1.51. The van der Waals surface area contributed by atoms with Crippen LogP contribution in [0, 0.1) is 10.1 Å². The lowest BCUT2D eigenvalue weighted by Crippen LogP contribution is -2.11. The molecule has 5 nitrogen and oxygen atoms in total. The topological polar surface area (TPSA) is 71.8 Å². The van der Waals surface area contributed by atoms with Crippen LogP contribution in [0.1, 0.15) is 26.5 Å². The molecule has 0 saturated heterocycles. The molecule has 0 bridgehead atoms. The van der Waals surface area contributed by atoms with Crippen molar-refractivity contribution >= 4 is 16.7 Å². The van der Waals surface area contributed by atoms with Crippen LogP contribution in [0.3, 0.4) is 0 Å². The summed E-state index contributed by atoms with van der Waals surface area (Å²) in [6, 6.07) is 3.45. The molecule has 0 fully saturated rings. The van der Waals surface area contributed by atoms with E-state index in [0.29, 0.717) is 5.65 Å². The van der Waals surface area contributed by atoms with Crippen molar-refractivity contribution in [3.8, 4) is 0 Å². The van der Waals surface area contributed by atoms with Gasteiger partial charge in [0, 0.05) is 22.6 Å². The monoisotopic (exact) mass is 219 g/mol. The van der Waals surface area contributed by atoms with Crippen LogP contribution in [0.5, 0.6) is 0 Å². The summed E-state index contributed by atoms with van der Waals surface area (Å²) in [4.78, 5) is 17.4. The molecule has 0 aromatic carbocycles. The van der Waals surface area contributed by atoms with E-state index in [0.717, 1.165) is 11.1 Å². The second kappa shape index (κ2) is 3.30. The second-order valence-corrected chi connectivity index (χ2v) is 4.82. The van der Waals surface area contributed by atoms with Crippen LogP contribution >= 0.6 is 0 Å². The van der Waals surface area contributed by atoms with Crippen LogP contribution < -0.4 is 0 Å². The van der Waals surface area contributed by atoms with Crippen molar-refractivity contribution in [2.75, 3.05) is 0 Å². The zero-order valence-corrected chi connectivity index (χ0v) is 9.44. The highest BCUT2D eigenvalue weighted by Crippen LogP contribution is 2.26. The van der Waals surface area contributed by atoms with Gasteiger partial charge in [-0.05, 0) is 6.07 Å². The molecule has 0 radical (unpaired) electrons. The average Bonchev–Trinajstić information content (AvgIpc) is 2.58. The van der Waals surface area contributed by atoms with Crippen molar-refractivity contribution in [2.24, 2.45) is 0 Å². The molecule has 5 heteroatoms. The third-order valence-electron chi connectivity index (χ3n) is 2.47. The quantitative estimate of drug-likeness (QED) is 0.592. The van der Waals surface area contributed by atoms with Gasteiger partial charge in [0.05, 0.1) is 4.92 Å². The van der Waals surface area contributed by atoms with Gasteiger partial charge in [-0.2, -0.15) is 0 Å². The number of pyridine rings is 1. The summed E-state index contributed by atoms with van der Waals surface area (Å²) in [5.74, 6) is 0. The van der Waals surface area contributed by atoms with E-state index >= 15 is 0 Å². The molecule has 0 atom stereocenters. The smallest absolute Gasteiger partial charge is 0.288 e. The van der Waals surface area contributed by atoms with Gasteiger partial charge in [0.15, 0.2) is 0 Å². The molecule has 2 aromatic heterocycles. The summed E-state index contributed by atoms with van der Waals surface area (Å²) < 4.78 is 0. The van der Waals surface area contributed by atoms with Gasteiger partial charge in [-0.1, -0.05) is 20.8 Å². The Bertz CT molecular complexity index is 552. The number of H-pyrrole nitrogens is 1. The largest absolute Gasteiger partial charge is 0.343 e. The van der Waals surface area contributed by atoms with E-state index in [1.807, 2.05) is 6.07 Å². The maximum atomic E-state index is 10.6. The lowest BCUT2D eigenvalue weighted by atomic mass is 9.92. The van der Waals surface area contributed by atoms with Gasteiger partial charge >= 0.3 is 0 Å². The van der Waals surface area contributed by atoms with Gasteiger partial charge in [0.2, 0.25) is 0 Å². The van der Waals surface area contributed by atoms with Crippen LogP contribution in [0.25, 0.3) is 11.0 Å². The van der Waals surface area contributed by atoms with Crippen molar-refractivity contribution in [3.05, 3.63) is 34.1 Å². The number of nitrogens with one attached hydrogen (secondary N) is 1. The van der Waals surface area contributed by atoms with E-state index in [2.05, 4.69) is 30.7 Å². The number of aromatic nitrogens is 2. The lowest BCUT2D eigenvalue weighted by Gasteiger charge is -2.15. The summed E-state index contributed by atoms with van der Waals surface area (Å²) >= 11 is 0. The Balaban J connectivity index is 2.59. The summed E-state index contributed by atoms with van der Waals surface area (Å²) in [5, 5.41) is 11.4. The Morgan fingerprint density at radius 3 is 2.62 bits per heavy atom. The molecule has 16 heavy (non-hydrogen) atoms. The fraction of sp³-hybridized carbons (Fsp3) is 0.364. The molecule has 2 heterocycles. The Morgan fingerprint density at radius 2 is 2.06 bits per heavy atom. The molecule has 0 aliphatic carbocycles.